The number of hydrogen-bond acceptors (Lipinski definition) is 12. The summed E-state index contributed by atoms with van der Waals surface area (Å²) >= 11 is 0. The normalized spacial score (nSPS) is 26.0. The molecule has 13 heteroatoms. The number of aliphatic carboxylic acids is 1. The fourth-order valence-electron chi connectivity index (χ4n) is 7.59. The van der Waals surface area contributed by atoms with Crippen LogP contribution in [-0.2, 0) is 23.9 Å². The molecule has 4 aromatic heterocycles. The molecule has 2 saturated heterocycles. The molecule has 2 aliphatic rings. The Morgan fingerprint density at radius 1 is 0.745 bits per heavy atom. The Bertz CT molecular complexity index is 1600. The molecule has 6 heterocycles. The lowest BCUT2D eigenvalue weighted by Gasteiger charge is -2.65. The molecular formula is C34H34N6O7. The lowest BCUT2D eigenvalue weighted by molar-refractivity contribution is -0.255. The minimum absolute atomic E-state index is 0.191. The number of carbonyl (C=O) groups excluding carboxylic acids is 2. The lowest BCUT2D eigenvalue weighted by Crippen LogP contribution is -2.78. The van der Waals surface area contributed by atoms with Crippen LogP contribution in [0.4, 0.5) is 0 Å². The van der Waals surface area contributed by atoms with Crippen LogP contribution in [0.3, 0.4) is 0 Å². The van der Waals surface area contributed by atoms with Crippen LogP contribution >= 0.6 is 0 Å². The van der Waals surface area contributed by atoms with Crippen LogP contribution < -0.4 is 0 Å². The van der Waals surface area contributed by atoms with E-state index in [1.807, 2.05) is 29.2 Å². The molecule has 5 atom stereocenters. The largest absolute Gasteiger partial charge is 0.480 e. The minimum Gasteiger partial charge on any atom is -0.480 e. The molecular weight excluding hydrogens is 604 g/mol. The zero-order valence-corrected chi connectivity index (χ0v) is 25.8. The fourth-order valence-corrected chi connectivity index (χ4v) is 7.59. The van der Waals surface area contributed by atoms with E-state index in [1.165, 1.54) is 31.5 Å². The van der Waals surface area contributed by atoms with Gasteiger partial charge in [-0.3, -0.25) is 44.1 Å². The van der Waals surface area contributed by atoms with Gasteiger partial charge in [0, 0.05) is 37.9 Å². The summed E-state index contributed by atoms with van der Waals surface area (Å²) in [5.74, 6) is -2.93. The van der Waals surface area contributed by atoms with Gasteiger partial charge in [-0.25, -0.2) is 0 Å². The van der Waals surface area contributed by atoms with Crippen LogP contribution in [0.5, 0.6) is 0 Å². The number of ether oxygens (including phenoxy) is 2. The molecule has 0 radical (unpaired) electrons. The highest BCUT2D eigenvalue weighted by atomic mass is 16.5. The molecule has 0 aromatic carbocycles. The topological polar surface area (TPSA) is 168 Å². The molecule has 6 rings (SSSR count). The molecule has 2 fully saturated rings. The summed E-state index contributed by atoms with van der Waals surface area (Å²) in [7, 11) is 2.39. The highest BCUT2D eigenvalue weighted by Gasteiger charge is 2.76. The molecule has 3 unspecified atom stereocenters. The number of esters is 2. The summed E-state index contributed by atoms with van der Waals surface area (Å²) in [6, 6.07) is 17.8. The van der Waals surface area contributed by atoms with E-state index in [0.717, 1.165) is 0 Å². The van der Waals surface area contributed by atoms with E-state index >= 15 is 0 Å². The predicted octanol–water partition coefficient (Wildman–Crippen LogP) is 2.23. The summed E-state index contributed by atoms with van der Waals surface area (Å²) in [4.78, 5) is 63.4. The van der Waals surface area contributed by atoms with Gasteiger partial charge in [-0.1, -0.05) is 24.3 Å². The smallest absolute Gasteiger partial charge is 0.317 e. The first-order valence-electron chi connectivity index (χ1n) is 15.0. The second-order valence-electron chi connectivity index (χ2n) is 11.7. The number of likely N-dealkylation sites (tertiary alicyclic amines) is 2. The molecule has 242 valence electrons. The number of fused-ring (bicyclic) bond motifs is 2. The van der Waals surface area contributed by atoms with Gasteiger partial charge >= 0.3 is 17.9 Å². The Labute approximate surface area is 270 Å². The van der Waals surface area contributed by atoms with E-state index in [-0.39, 0.29) is 13.1 Å². The van der Waals surface area contributed by atoms with Crippen molar-refractivity contribution in [1.29, 1.82) is 0 Å². The van der Waals surface area contributed by atoms with Crippen LogP contribution in [0, 0.1) is 10.8 Å². The van der Waals surface area contributed by atoms with Crippen molar-refractivity contribution in [3.05, 3.63) is 120 Å². The second-order valence-corrected chi connectivity index (χ2v) is 11.7. The van der Waals surface area contributed by atoms with Gasteiger partial charge in [-0.15, -0.1) is 0 Å². The summed E-state index contributed by atoms with van der Waals surface area (Å²) < 4.78 is 10.9. The number of hydrogen-bond donors (Lipinski definition) is 2. The number of rotatable bonds is 9. The van der Waals surface area contributed by atoms with Crippen LogP contribution in [0.25, 0.3) is 0 Å². The molecule has 0 amide bonds. The SMILES string of the molecule is COC(=O)[C@@]12CN(C(c3ccccn3)c3ccccn3)C[C@@](C(=O)OC)(C(c3ccccn3)N(CC(=O)O)C1c1ccccn1)C2O. The first-order chi connectivity index (χ1) is 22.8. The van der Waals surface area contributed by atoms with Crippen molar-refractivity contribution in [1.82, 2.24) is 29.7 Å². The Morgan fingerprint density at radius 2 is 1.17 bits per heavy atom. The molecule has 0 spiro atoms. The number of carboxylic acids is 1. The molecule has 47 heavy (non-hydrogen) atoms. The van der Waals surface area contributed by atoms with Gasteiger partial charge in [-0.2, -0.15) is 0 Å². The Kier molecular flexibility index (Phi) is 8.78. The van der Waals surface area contributed by atoms with Gasteiger partial charge in [0.25, 0.3) is 0 Å². The zero-order chi connectivity index (χ0) is 33.2. The maximum absolute atomic E-state index is 14.5. The van der Waals surface area contributed by atoms with Crippen LogP contribution in [0.15, 0.2) is 97.6 Å². The summed E-state index contributed by atoms with van der Waals surface area (Å²) in [5, 5.41) is 23.1. The minimum atomic E-state index is -1.97. The number of aliphatic hydroxyl groups is 1. The number of carbonyl (C=O) groups is 3. The average Bonchev–Trinajstić information content (AvgIpc) is 3.10. The van der Waals surface area contributed by atoms with Crippen LogP contribution in [0.1, 0.15) is 40.9 Å². The number of methoxy groups -OCH3 is 2. The maximum atomic E-state index is 14.5. The number of aromatic nitrogens is 4. The highest BCUT2D eigenvalue weighted by Crippen LogP contribution is 2.63. The van der Waals surface area contributed by atoms with Gasteiger partial charge < -0.3 is 19.7 Å². The molecule has 0 saturated carbocycles. The Hall–Kier alpha value is -5.11. The van der Waals surface area contributed by atoms with Gasteiger partial charge in [0.15, 0.2) is 0 Å². The third-order valence-electron chi connectivity index (χ3n) is 9.23. The molecule has 0 aliphatic carbocycles. The summed E-state index contributed by atoms with van der Waals surface area (Å²) in [5.41, 5.74) is -2.20. The van der Waals surface area contributed by atoms with Crippen molar-refractivity contribution in [3.63, 3.8) is 0 Å². The molecule has 2 aliphatic heterocycles. The zero-order valence-electron chi connectivity index (χ0n) is 25.8. The van der Waals surface area contributed by atoms with Gasteiger partial charge in [0.1, 0.15) is 10.8 Å². The van der Waals surface area contributed by atoms with Crippen molar-refractivity contribution in [2.75, 3.05) is 33.9 Å². The standard InChI is InChI=1S/C34H34N6O7/c1-46-31(44)33-20-39(27(22-11-3-7-15-35-22)23-12-4-8-16-36-23)21-34(30(33)43,32(45)47-2)29(25-14-6-10-18-38-25)40(19-26(41)42)28(33)24-13-5-9-17-37-24/h3-18,27-30,43H,19-21H2,1-2H3,(H,41,42)/t28?,29?,30?,33-,34+. The van der Waals surface area contributed by atoms with Crippen molar-refractivity contribution in [3.8, 4) is 0 Å². The first-order valence-corrected chi connectivity index (χ1v) is 15.0. The van der Waals surface area contributed by atoms with E-state index in [1.54, 1.807) is 60.9 Å². The van der Waals surface area contributed by atoms with Gasteiger partial charge in [0.2, 0.25) is 0 Å². The number of carboxylic acid groups (broad SMARTS) is 1. The summed E-state index contributed by atoms with van der Waals surface area (Å²) in [6.45, 7) is -1.01. The predicted molar refractivity (Wildman–Crippen MR) is 165 cm³/mol. The monoisotopic (exact) mass is 638 g/mol. The third kappa shape index (κ3) is 5.22. The highest BCUT2D eigenvalue weighted by molar-refractivity contribution is 5.86. The van der Waals surface area contributed by atoms with Crippen molar-refractivity contribution in [2.24, 2.45) is 10.8 Å². The van der Waals surface area contributed by atoms with Gasteiger partial charge in [-0.05, 0) is 48.5 Å². The second kappa shape index (κ2) is 12.9. The quantitative estimate of drug-likeness (QED) is 0.256. The molecule has 13 nitrogen and oxygen atoms in total. The number of aliphatic hydroxyl groups excluding tert-OH is 1. The van der Waals surface area contributed by atoms with Crippen LogP contribution in [0.2, 0.25) is 0 Å². The first kappa shape index (κ1) is 31.9. The van der Waals surface area contributed by atoms with E-state index < -0.39 is 59.5 Å². The van der Waals surface area contributed by atoms with E-state index in [9.17, 15) is 24.6 Å². The van der Waals surface area contributed by atoms with E-state index in [4.69, 9.17) is 9.47 Å². The number of nitrogens with zero attached hydrogens (tertiary/aromatic N) is 6. The Balaban J connectivity index is 1.72. The third-order valence-corrected chi connectivity index (χ3v) is 9.23. The number of piperidine rings is 2. The molecule has 4 aromatic rings. The van der Waals surface area contributed by atoms with E-state index in [0.29, 0.717) is 22.8 Å². The van der Waals surface area contributed by atoms with Crippen molar-refractivity contribution < 1.29 is 34.1 Å². The summed E-state index contributed by atoms with van der Waals surface area (Å²) in [6.07, 6.45) is 4.57. The average molecular weight is 639 g/mol. The molecule has 2 bridgehead atoms. The molecule has 2 N–H and O–H groups in total. The van der Waals surface area contributed by atoms with Crippen molar-refractivity contribution >= 4 is 17.9 Å². The van der Waals surface area contributed by atoms with E-state index in [2.05, 4.69) is 19.9 Å². The van der Waals surface area contributed by atoms with Crippen molar-refractivity contribution in [2.45, 2.75) is 24.2 Å². The Morgan fingerprint density at radius 3 is 1.51 bits per heavy atom. The lowest BCUT2D eigenvalue weighted by atomic mass is 9.53. The number of pyridine rings is 4. The fraction of sp³-hybridized carbons (Fsp3) is 0.324. The van der Waals surface area contributed by atoms with Gasteiger partial charge in [0.05, 0.1) is 67.8 Å². The maximum Gasteiger partial charge on any atom is 0.317 e. The van der Waals surface area contributed by atoms with Crippen LogP contribution in [-0.4, -0.2) is 97.8 Å².